The smallest absolute Gasteiger partial charge is 0.263 e. The van der Waals surface area contributed by atoms with Gasteiger partial charge in [-0.1, -0.05) is 40.9 Å². The van der Waals surface area contributed by atoms with Gasteiger partial charge in [0.1, 0.15) is 10.6 Å². The Kier molecular flexibility index (Phi) is 5.12. The minimum absolute atomic E-state index is 0.0404. The first-order chi connectivity index (χ1) is 10.3. The summed E-state index contributed by atoms with van der Waals surface area (Å²) in [6, 6.07) is 7.50. The SMILES string of the molecule is COc1cc(Cl)c(C)cc1NS(=O)(=O)c1cccc(Cl)c1Cl. The highest BCUT2D eigenvalue weighted by Crippen LogP contribution is 2.34. The average molecular weight is 381 g/mol. The highest BCUT2D eigenvalue weighted by atomic mass is 35.5. The highest BCUT2D eigenvalue weighted by Gasteiger charge is 2.21. The molecule has 0 heterocycles. The third-order valence-electron chi connectivity index (χ3n) is 2.93. The number of sulfonamides is 1. The maximum Gasteiger partial charge on any atom is 0.263 e. The van der Waals surface area contributed by atoms with E-state index < -0.39 is 10.0 Å². The van der Waals surface area contributed by atoms with Gasteiger partial charge in [-0.2, -0.15) is 0 Å². The Hall–Kier alpha value is -1.14. The predicted molar refractivity (Wildman–Crippen MR) is 90.0 cm³/mol. The second-order valence-electron chi connectivity index (χ2n) is 4.46. The summed E-state index contributed by atoms with van der Waals surface area (Å²) in [7, 11) is -2.50. The fraction of sp³-hybridized carbons (Fsp3) is 0.143. The number of hydrogen-bond acceptors (Lipinski definition) is 3. The number of anilines is 1. The lowest BCUT2D eigenvalue weighted by Gasteiger charge is -2.14. The zero-order valence-electron chi connectivity index (χ0n) is 11.7. The molecular weight excluding hydrogens is 369 g/mol. The summed E-state index contributed by atoms with van der Waals surface area (Å²) < 4.78 is 32.6. The molecule has 22 heavy (non-hydrogen) atoms. The number of methoxy groups -OCH3 is 1. The number of ether oxygens (including phenoxy) is 1. The number of halogens is 3. The first-order valence-corrected chi connectivity index (χ1v) is 8.69. The van der Waals surface area contributed by atoms with E-state index in [9.17, 15) is 8.42 Å². The van der Waals surface area contributed by atoms with Crippen molar-refractivity contribution in [3.05, 3.63) is 51.0 Å². The van der Waals surface area contributed by atoms with Crippen LogP contribution in [0.15, 0.2) is 35.2 Å². The Morgan fingerprint density at radius 2 is 1.77 bits per heavy atom. The van der Waals surface area contributed by atoms with E-state index in [-0.39, 0.29) is 20.6 Å². The molecule has 0 saturated carbocycles. The number of hydrogen-bond donors (Lipinski definition) is 1. The topological polar surface area (TPSA) is 55.4 Å². The van der Waals surface area contributed by atoms with Gasteiger partial charge in [0.2, 0.25) is 0 Å². The highest BCUT2D eigenvalue weighted by molar-refractivity contribution is 7.92. The average Bonchev–Trinajstić information content (AvgIpc) is 2.45. The second kappa shape index (κ2) is 6.54. The molecule has 0 aliphatic rings. The van der Waals surface area contributed by atoms with Crippen molar-refractivity contribution in [3.63, 3.8) is 0 Å². The van der Waals surface area contributed by atoms with Gasteiger partial charge in [0.05, 0.1) is 22.8 Å². The molecule has 4 nitrogen and oxygen atoms in total. The van der Waals surface area contributed by atoms with Crippen LogP contribution in [0.25, 0.3) is 0 Å². The summed E-state index contributed by atoms with van der Waals surface area (Å²) in [6.45, 7) is 1.76. The van der Waals surface area contributed by atoms with Crippen molar-refractivity contribution in [2.45, 2.75) is 11.8 Å². The third kappa shape index (κ3) is 3.43. The lowest BCUT2D eigenvalue weighted by atomic mass is 10.2. The van der Waals surface area contributed by atoms with Gasteiger partial charge in [-0.3, -0.25) is 4.72 Å². The lowest BCUT2D eigenvalue weighted by molar-refractivity contribution is 0.417. The van der Waals surface area contributed by atoms with E-state index in [1.165, 1.54) is 31.4 Å². The number of benzene rings is 2. The van der Waals surface area contributed by atoms with Crippen LogP contribution in [0.1, 0.15) is 5.56 Å². The van der Waals surface area contributed by atoms with Crippen LogP contribution in [0.4, 0.5) is 5.69 Å². The molecule has 0 aliphatic carbocycles. The van der Waals surface area contributed by atoms with Gasteiger partial charge < -0.3 is 4.74 Å². The number of rotatable bonds is 4. The minimum Gasteiger partial charge on any atom is -0.495 e. The second-order valence-corrected chi connectivity index (χ2v) is 7.30. The molecule has 2 rings (SSSR count). The standard InChI is InChI=1S/C14H12Cl3NO3S/c1-8-6-11(12(21-2)7-10(8)16)18-22(19,20)13-5-3-4-9(15)14(13)17/h3-7,18H,1-2H3. The maximum atomic E-state index is 12.5. The van der Waals surface area contributed by atoms with Gasteiger partial charge in [-0.15, -0.1) is 0 Å². The van der Waals surface area contributed by atoms with Crippen LogP contribution in [-0.2, 0) is 10.0 Å². The Morgan fingerprint density at radius 1 is 1.09 bits per heavy atom. The molecule has 0 aromatic heterocycles. The van der Waals surface area contributed by atoms with Crippen LogP contribution in [0.5, 0.6) is 5.75 Å². The molecular formula is C14H12Cl3NO3S. The minimum atomic E-state index is -3.92. The molecule has 1 N–H and O–H groups in total. The molecule has 0 unspecified atom stereocenters. The zero-order valence-corrected chi connectivity index (χ0v) is 14.7. The molecule has 2 aromatic rings. The van der Waals surface area contributed by atoms with Crippen LogP contribution >= 0.6 is 34.8 Å². The van der Waals surface area contributed by atoms with Crippen molar-refractivity contribution in [2.75, 3.05) is 11.8 Å². The van der Waals surface area contributed by atoms with E-state index >= 15 is 0 Å². The van der Waals surface area contributed by atoms with Crippen LogP contribution < -0.4 is 9.46 Å². The maximum absolute atomic E-state index is 12.5. The number of aryl methyl sites for hydroxylation is 1. The van der Waals surface area contributed by atoms with E-state index in [4.69, 9.17) is 39.5 Å². The Bertz CT molecular complexity index is 822. The quantitative estimate of drug-likeness (QED) is 0.831. The Morgan fingerprint density at radius 3 is 2.41 bits per heavy atom. The first kappa shape index (κ1) is 17.2. The van der Waals surface area contributed by atoms with Gasteiger partial charge >= 0.3 is 0 Å². The van der Waals surface area contributed by atoms with Crippen LogP contribution in [0, 0.1) is 6.92 Å². The summed E-state index contributed by atoms with van der Waals surface area (Å²) >= 11 is 17.8. The van der Waals surface area contributed by atoms with Gasteiger partial charge in [0, 0.05) is 11.1 Å². The Labute approximate surface area is 144 Å². The molecule has 0 spiro atoms. The molecule has 0 radical (unpaired) electrons. The van der Waals surface area contributed by atoms with Crippen LogP contribution in [-0.4, -0.2) is 15.5 Å². The van der Waals surface area contributed by atoms with E-state index in [0.29, 0.717) is 16.3 Å². The molecule has 118 valence electrons. The molecule has 2 aromatic carbocycles. The molecule has 8 heteroatoms. The first-order valence-electron chi connectivity index (χ1n) is 6.07. The summed E-state index contributed by atoms with van der Waals surface area (Å²) in [5, 5.41) is 0.589. The molecule has 0 fully saturated rings. The molecule has 0 amide bonds. The van der Waals surface area contributed by atoms with Gasteiger partial charge in [-0.25, -0.2) is 8.42 Å². The number of nitrogens with one attached hydrogen (secondary N) is 1. The Balaban J connectivity index is 2.50. The van der Waals surface area contributed by atoms with Crippen molar-refractivity contribution >= 4 is 50.5 Å². The largest absolute Gasteiger partial charge is 0.495 e. The molecule has 0 saturated heterocycles. The van der Waals surface area contributed by atoms with Crippen molar-refractivity contribution in [1.29, 1.82) is 0 Å². The van der Waals surface area contributed by atoms with Gasteiger partial charge in [-0.05, 0) is 30.7 Å². The monoisotopic (exact) mass is 379 g/mol. The van der Waals surface area contributed by atoms with Gasteiger partial charge in [0.25, 0.3) is 10.0 Å². The third-order valence-corrected chi connectivity index (χ3v) is 5.68. The summed E-state index contributed by atoms with van der Waals surface area (Å²) in [5.41, 5.74) is 0.970. The van der Waals surface area contributed by atoms with Crippen LogP contribution in [0.3, 0.4) is 0 Å². The molecule has 0 aliphatic heterocycles. The van der Waals surface area contributed by atoms with Crippen molar-refractivity contribution < 1.29 is 13.2 Å². The van der Waals surface area contributed by atoms with E-state index in [0.717, 1.165) is 0 Å². The van der Waals surface area contributed by atoms with Crippen molar-refractivity contribution in [1.82, 2.24) is 0 Å². The molecule has 0 bridgehead atoms. The van der Waals surface area contributed by atoms with Gasteiger partial charge in [0.15, 0.2) is 0 Å². The fourth-order valence-corrected chi connectivity index (χ4v) is 3.78. The van der Waals surface area contributed by atoms with Crippen molar-refractivity contribution in [3.8, 4) is 5.75 Å². The normalized spacial score (nSPS) is 11.3. The van der Waals surface area contributed by atoms with E-state index in [1.807, 2.05) is 0 Å². The summed E-state index contributed by atoms with van der Waals surface area (Å²) in [5.74, 6) is 0.303. The predicted octanol–water partition coefficient (Wildman–Crippen LogP) is 4.76. The van der Waals surface area contributed by atoms with Crippen LogP contribution in [0.2, 0.25) is 15.1 Å². The van der Waals surface area contributed by atoms with E-state index in [1.54, 1.807) is 13.0 Å². The summed E-state index contributed by atoms with van der Waals surface area (Å²) in [4.78, 5) is -0.115. The fourth-order valence-electron chi connectivity index (χ4n) is 1.80. The lowest BCUT2D eigenvalue weighted by Crippen LogP contribution is -2.14. The molecule has 0 atom stereocenters. The zero-order chi connectivity index (χ0) is 16.5. The summed E-state index contributed by atoms with van der Waals surface area (Å²) in [6.07, 6.45) is 0. The van der Waals surface area contributed by atoms with Crippen molar-refractivity contribution in [2.24, 2.45) is 0 Å². The van der Waals surface area contributed by atoms with E-state index in [2.05, 4.69) is 4.72 Å².